The lowest BCUT2D eigenvalue weighted by atomic mass is 10.2. The Hall–Kier alpha value is -1.23. The molecule has 2 rings (SSSR count). The van der Waals surface area contributed by atoms with Gasteiger partial charge in [0.05, 0.1) is 17.4 Å². The third-order valence-corrected chi connectivity index (χ3v) is 2.21. The van der Waals surface area contributed by atoms with E-state index in [-0.39, 0.29) is 0 Å². The SMILES string of the molecule is Cc1nnc(NC2CNC2)nc1C. The van der Waals surface area contributed by atoms with Crippen LogP contribution in [-0.4, -0.2) is 34.3 Å². The number of hydrogen-bond acceptors (Lipinski definition) is 5. The highest BCUT2D eigenvalue weighted by atomic mass is 15.3. The van der Waals surface area contributed by atoms with Crippen molar-refractivity contribution in [2.75, 3.05) is 18.4 Å². The van der Waals surface area contributed by atoms with Crippen LogP contribution in [0.2, 0.25) is 0 Å². The Balaban J connectivity index is 2.07. The van der Waals surface area contributed by atoms with Crippen LogP contribution < -0.4 is 10.6 Å². The Morgan fingerprint density at radius 1 is 1.23 bits per heavy atom. The van der Waals surface area contributed by atoms with E-state index in [1.165, 1.54) is 0 Å². The largest absolute Gasteiger partial charge is 0.348 e. The van der Waals surface area contributed by atoms with Crippen molar-refractivity contribution in [2.45, 2.75) is 19.9 Å². The van der Waals surface area contributed by atoms with Gasteiger partial charge in [-0.1, -0.05) is 0 Å². The minimum atomic E-state index is 0.462. The molecule has 1 aliphatic rings. The van der Waals surface area contributed by atoms with Gasteiger partial charge in [-0.25, -0.2) is 4.98 Å². The second kappa shape index (κ2) is 3.26. The van der Waals surface area contributed by atoms with Crippen LogP contribution in [0.5, 0.6) is 0 Å². The lowest BCUT2D eigenvalue weighted by Crippen LogP contribution is -2.51. The van der Waals surface area contributed by atoms with Gasteiger partial charge in [0.2, 0.25) is 5.95 Å². The predicted molar refractivity (Wildman–Crippen MR) is 49.6 cm³/mol. The molecule has 0 aromatic carbocycles. The molecule has 1 aliphatic heterocycles. The van der Waals surface area contributed by atoms with Gasteiger partial charge in [-0.3, -0.25) is 0 Å². The molecule has 1 fully saturated rings. The fourth-order valence-corrected chi connectivity index (χ4v) is 1.09. The van der Waals surface area contributed by atoms with E-state index >= 15 is 0 Å². The van der Waals surface area contributed by atoms with Crippen LogP contribution in [0.15, 0.2) is 0 Å². The number of aryl methyl sites for hydroxylation is 2. The molecule has 0 bridgehead atoms. The molecule has 5 nitrogen and oxygen atoms in total. The van der Waals surface area contributed by atoms with Crippen molar-refractivity contribution in [2.24, 2.45) is 0 Å². The molecular weight excluding hydrogens is 166 g/mol. The second-order valence-electron chi connectivity index (χ2n) is 3.31. The first-order chi connectivity index (χ1) is 6.25. The molecule has 0 amide bonds. The molecule has 0 atom stereocenters. The summed E-state index contributed by atoms with van der Waals surface area (Å²) >= 11 is 0. The molecular formula is C8H13N5. The molecule has 0 unspecified atom stereocenters. The fraction of sp³-hybridized carbons (Fsp3) is 0.625. The van der Waals surface area contributed by atoms with Crippen molar-refractivity contribution in [1.29, 1.82) is 0 Å². The predicted octanol–water partition coefficient (Wildman–Crippen LogP) is -0.128. The first-order valence-corrected chi connectivity index (χ1v) is 4.41. The van der Waals surface area contributed by atoms with Gasteiger partial charge >= 0.3 is 0 Å². The van der Waals surface area contributed by atoms with E-state index in [9.17, 15) is 0 Å². The van der Waals surface area contributed by atoms with Crippen LogP contribution in [0, 0.1) is 13.8 Å². The lowest BCUT2D eigenvalue weighted by molar-refractivity contribution is 0.469. The Bertz CT molecular complexity index is 307. The van der Waals surface area contributed by atoms with Crippen molar-refractivity contribution < 1.29 is 0 Å². The zero-order chi connectivity index (χ0) is 9.26. The number of nitrogens with one attached hydrogen (secondary N) is 2. The normalized spacial score (nSPS) is 16.8. The van der Waals surface area contributed by atoms with Gasteiger partial charge in [0, 0.05) is 13.1 Å². The molecule has 1 aromatic rings. The molecule has 1 saturated heterocycles. The van der Waals surface area contributed by atoms with E-state index in [2.05, 4.69) is 25.8 Å². The average Bonchev–Trinajstić information content (AvgIpc) is 2.04. The zero-order valence-corrected chi connectivity index (χ0v) is 7.83. The van der Waals surface area contributed by atoms with E-state index in [0.29, 0.717) is 12.0 Å². The van der Waals surface area contributed by atoms with Crippen LogP contribution in [0.25, 0.3) is 0 Å². The van der Waals surface area contributed by atoms with Crippen LogP contribution in [0.4, 0.5) is 5.95 Å². The Kier molecular flexibility index (Phi) is 2.10. The van der Waals surface area contributed by atoms with E-state index in [1.807, 2.05) is 13.8 Å². The Morgan fingerprint density at radius 3 is 2.54 bits per heavy atom. The lowest BCUT2D eigenvalue weighted by Gasteiger charge is -2.27. The van der Waals surface area contributed by atoms with Crippen LogP contribution in [0.3, 0.4) is 0 Å². The van der Waals surface area contributed by atoms with Gasteiger partial charge in [-0.2, -0.15) is 5.10 Å². The van der Waals surface area contributed by atoms with E-state index < -0.39 is 0 Å². The number of rotatable bonds is 2. The highest BCUT2D eigenvalue weighted by Gasteiger charge is 2.17. The maximum Gasteiger partial charge on any atom is 0.243 e. The highest BCUT2D eigenvalue weighted by molar-refractivity contribution is 5.27. The summed E-state index contributed by atoms with van der Waals surface area (Å²) in [4.78, 5) is 4.28. The average molecular weight is 179 g/mol. The van der Waals surface area contributed by atoms with Gasteiger partial charge in [-0.05, 0) is 13.8 Å². The number of nitrogens with zero attached hydrogens (tertiary/aromatic N) is 3. The summed E-state index contributed by atoms with van der Waals surface area (Å²) in [6, 6.07) is 0.462. The molecule has 13 heavy (non-hydrogen) atoms. The van der Waals surface area contributed by atoms with Crippen molar-refractivity contribution in [3.8, 4) is 0 Å². The fourth-order valence-electron chi connectivity index (χ4n) is 1.09. The summed E-state index contributed by atoms with van der Waals surface area (Å²) < 4.78 is 0. The van der Waals surface area contributed by atoms with Crippen LogP contribution in [0.1, 0.15) is 11.4 Å². The minimum Gasteiger partial charge on any atom is -0.348 e. The molecule has 2 N–H and O–H groups in total. The zero-order valence-electron chi connectivity index (χ0n) is 7.83. The van der Waals surface area contributed by atoms with Gasteiger partial charge in [0.15, 0.2) is 0 Å². The van der Waals surface area contributed by atoms with Crippen molar-refractivity contribution in [3.63, 3.8) is 0 Å². The number of hydrogen-bond donors (Lipinski definition) is 2. The molecule has 1 aromatic heterocycles. The quantitative estimate of drug-likeness (QED) is 0.662. The van der Waals surface area contributed by atoms with Crippen LogP contribution in [-0.2, 0) is 0 Å². The van der Waals surface area contributed by atoms with E-state index in [0.717, 1.165) is 24.5 Å². The van der Waals surface area contributed by atoms with Crippen molar-refractivity contribution >= 4 is 5.95 Å². The first-order valence-electron chi connectivity index (χ1n) is 4.41. The van der Waals surface area contributed by atoms with E-state index in [4.69, 9.17) is 0 Å². The summed E-state index contributed by atoms with van der Waals surface area (Å²) in [6.07, 6.45) is 0. The Morgan fingerprint density at radius 2 is 2.00 bits per heavy atom. The van der Waals surface area contributed by atoms with Gasteiger partial charge in [0.1, 0.15) is 0 Å². The third kappa shape index (κ3) is 1.75. The maximum atomic E-state index is 4.28. The third-order valence-electron chi connectivity index (χ3n) is 2.21. The summed E-state index contributed by atoms with van der Waals surface area (Å²) in [6.45, 7) is 5.81. The molecule has 0 saturated carbocycles. The summed E-state index contributed by atoms with van der Waals surface area (Å²) in [5.41, 5.74) is 1.82. The first kappa shape index (κ1) is 8.37. The maximum absolute atomic E-state index is 4.28. The smallest absolute Gasteiger partial charge is 0.243 e. The standard InChI is InChI=1S/C8H13N5/c1-5-6(2)12-13-8(10-5)11-7-3-9-4-7/h7,9H,3-4H2,1-2H3,(H,10,11,13). The highest BCUT2D eigenvalue weighted by Crippen LogP contribution is 2.05. The van der Waals surface area contributed by atoms with Gasteiger partial charge in [0.25, 0.3) is 0 Å². The summed E-state index contributed by atoms with van der Waals surface area (Å²) in [5, 5.41) is 14.3. The van der Waals surface area contributed by atoms with E-state index in [1.54, 1.807) is 0 Å². The van der Waals surface area contributed by atoms with Gasteiger partial charge < -0.3 is 10.6 Å². The molecule has 2 heterocycles. The molecule has 0 radical (unpaired) electrons. The topological polar surface area (TPSA) is 62.7 Å². The molecule has 0 aliphatic carbocycles. The molecule has 70 valence electrons. The molecule has 0 spiro atoms. The monoisotopic (exact) mass is 179 g/mol. The van der Waals surface area contributed by atoms with Crippen molar-refractivity contribution in [3.05, 3.63) is 11.4 Å². The van der Waals surface area contributed by atoms with Crippen molar-refractivity contribution in [1.82, 2.24) is 20.5 Å². The Labute approximate surface area is 77.0 Å². The second-order valence-corrected chi connectivity index (χ2v) is 3.31. The number of anilines is 1. The number of aromatic nitrogens is 3. The minimum absolute atomic E-state index is 0.462. The summed E-state index contributed by atoms with van der Waals surface area (Å²) in [7, 11) is 0. The summed E-state index contributed by atoms with van der Waals surface area (Å²) in [5.74, 6) is 0.634. The van der Waals surface area contributed by atoms with Gasteiger partial charge in [-0.15, -0.1) is 5.10 Å². The van der Waals surface area contributed by atoms with Crippen LogP contribution >= 0.6 is 0 Å². The molecule has 5 heteroatoms.